The molecular weight excluding hydrogens is 282 g/mol. The largest absolute Gasteiger partial charge is 0.452 e. The number of esters is 1. The Balaban J connectivity index is 2.16. The Bertz CT molecular complexity index is 531. The third-order valence-corrected chi connectivity index (χ3v) is 4.25. The summed E-state index contributed by atoms with van der Waals surface area (Å²) in [4.78, 5) is 12.3. The number of carbonyl (C=O) groups is 1. The molecule has 2 rings (SSSR count). The van der Waals surface area contributed by atoms with E-state index in [4.69, 9.17) is 19.6 Å². The van der Waals surface area contributed by atoms with Gasteiger partial charge in [0.1, 0.15) is 0 Å². The lowest BCUT2D eigenvalue weighted by Crippen LogP contribution is -2.51. The van der Waals surface area contributed by atoms with Gasteiger partial charge in [-0.1, -0.05) is 32.0 Å². The molecule has 1 N–H and O–H groups in total. The zero-order valence-corrected chi connectivity index (χ0v) is 13.4. The van der Waals surface area contributed by atoms with Gasteiger partial charge < -0.3 is 14.2 Å². The summed E-state index contributed by atoms with van der Waals surface area (Å²) in [7, 11) is 0. The molecular formula is C17H23NO4. The summed E-state index contributed by atoms with van der Waals surface area (Å²) in [6.45, 7) is 7.58. The standard InChI is InChI=1S/C17H23NO4/c1-10-11(2)15(17(20-12(10)3)21-13(4)18)22-16(19)14-8-6-5-7-9-14/h5-12,15,17-18H,1-4H3/t10-,11+,12?,15?,17+/m1/s1. The van der Waals surface area contributed by atoms with Gasteiger partial charge >= 0.3 is 5.97 Å². The Morgan fingerprint density at radius 3 is 2.32 bits per heavy atom. The van der Waals surface area contributed by atoms with E-state index in [1.54, 1.807) is 24.3 Å². The van der Waals surface area contributed by atoms with Crippen molar-refractivity contribution in [2.45, 2.75) is 46.2 Å². The fourth-order valence-corrected chi connectivity index (χ4v) is 2.59. The number of hydrogen-bond donors (Lipinski definition) is 1. The summed E-state index contributed by atoms with van der Waals surface area (Å²) in [6, 6.07) is 8.84. The normalized spacial score (nSPS) is 31.4. The summed E-state index contributed by atoms with van der Waals surface area (Å²) >= 11 is 0. The van der Waals surface area contributed by atoms with Gasteiger partial charge in [-0.2, -0.15) is 0 Å². The summed E-state index contributed by atoms with van der Waals surface area (Å²) in [5.74, 6) is -0.0704. The van der Waals surface area contributed by atoms with Gasteiger partial charge in [0, 0.05) is 12.8 Å². The monoisotopic (exact) mass is 305 g/mol. The highest BCUT2D eigenvalue weighted by Gasteiger charge is 2.43. The van der Waals surface area contributed by atoms with Crippen molar-refractivity contribution in [3.8, 4) is 0 Å². The number of hydrogen-bond acceptors (Lipinski definition) is 5. The van der Waals surface area contributed by atoms with E-state index in [1.807, 2.05) is 19.9 Å². The predicted octanol–water partition coefficient (Wildman–Crippen LogP) is 3.24. The molecule has 1 aliphatic rings. The van der Waals surface area contributed by atoms with Crippen LogP contribution in [0.1, 0.15) is 38.1 Å². The van der Waals surface area contributed by atoms with Crippen molar-refractivity contribution in [1.29, 1.82) is 5.41 Å². The summed E-state index contributed by atoms with van der Waals surface area (Å²) in [5.41, 5.74) is 0.492. The van der Waals surface area contributed by atoms with Gasteiger partial charge in [-0.25, -0.2) is 4.79 Å². The number of benzene rings is 1. The van der Waals surface area contributed by atoms with E-state index in [0.29, 0.717) is 5.56 Å². The first-order valence-electron chi connectivity index (χ1n) is 7.53. The molecule has 1 aromatic carbocycles. The topological polar surface area (TPSA) is 68.6 Å². The zero-order valence-electron chi connectivity index (χ0n) is 13.4. The van der Waals surface area contributed by atoms with Crippen molar-refractivity contribution in [2.24, 2.45) is 11.8 Å². The van der Waals surface area contributed by atoms with E-state index in [2.05, 4.69) is 6.92 Å². The van der Waals surface area contributed by atoms with E-state index in [-0.39, 0.29) is 23.8 Å². The molecule has 0 radical (unpaired) electrons. The van der Waals surface area contributed by atoms with Gasteiger partial charge in [-0.05, 0) is 25.0 Å². The van der Waals surface area contributed by atoms with Crippen LogP contribution in [0.5, 0.6) is 0 Å². The van der Waals surface area contributed by atoms with Crippen molar-refractivity contribution < 1.29 is 19.0 Å². The molecule has 1 saturated heterocycles. The van der Waals surface area contributed by atoms with E-state index in [1.165, 1.54) is 6.92 Å². The molecule has 1 aliphatic heterocycles. The van der Waals surface area contributed by atoms with E-state index < -0.39 is 18.4 Å². The van der Waals surface area contributed by atoms with Crippen LogP contribution in [0.3, 0.4) is 0 Å². The van der Waals surface area contributed by atoms with Crippen LogP contribution in [0.25, 0.3) is 0 Å². The highest BCUT2D eigenvalue weighted by Crippen LogP contribution is 2.33. The average Bonchev–Trinajstić information content (AvgIpc) is 2.49. The fourth-order valence-electron chi connectivity index (χ4n) is 2.59. The molecule has 5 heteroatoms. The van der Waals surface area contributed by atoms with E-state index in [0.717, 1.165) is 0 Å². The van der Waals surface area contributed by atoms with E-state index in [9.17, 15) is 4.79 Å². The van der Waals surface area contributed by atoms with E-state index >= 15 is 0 Å². The Morgan fingerprint density at radius 2 is 1.73 bits per heavy atom. The van der Waals surface area contributed by atoms with Gasteiger partial charge in [0.2, 0.25) is 6.29 Å². The van der Waals surface area contributed by atoms with Gasteiger partial charge in [0.05, 0.1) is 11.7 Å². The first-order valence-corrected chi connectivity index (χ1v) is 7.53. The maximum Gasteiger partial charge on any atom is 0.338 e. The number of nitrogens with one attached hydrogen (secondary N) is 1. The summed E-state index contributed by atoms with van der Waals surface area (Å²) in [6.07, 6.45) is -1.31. The van der Waals surface area contributed by atoms with Gasteiger partial charge in [0.15, 0.2) is 12.0 Å². The fraction of sp³-hybridized carbons (Fsp3) is 0.529. The third-order valence-electron chi connectivity index (χ3n) is 4.25. The van der Waals surface area contributed by atoms with Crippen LogP contribution in [0.4, 0.5) is 0 Å². The Hall–Kier alpha value is -1.88. The third kappa shape index (κ3) is 3.65. The Kier molecular flexibility index (Phi) is 5.19. The van der Waals surface area contributed by atoms with Crippen LogP contribution in [0.15, 0.2) is 30.3 Å². The second-order valence-corrected chi connectivity index (χ2v) is 5.84. The van der Waals surface area contributed by atoms with Crippen molar-refractivity contribution in [1.82, 2.24) is 0 Å². The highest BCUT2D eigenvalue weighted by atomic mass is 16.7. The van der Waals surface area contributed by atoms with Crippen LogP contribution >= 0.6 is 0 Å². The van der Waals surface area contributed by atoms with Crippen LogP contribution in [-0.2, 0) is 14.2 Å². The molecule has 22 heavy (non-hydrogen) atoms. The molecule has 1 aromatic rings. The molecule has 0 aromatic heterocycles. The molecule has 1 fully saturated rings. The smallest absolute Gasteiger partial charge is 0.338 e. The lowest BCUT2D eigenvalue weighted by atomic mass is 9.84. The molecule has 1 heterocycles. The molecule has 0 aliphatic carbocycles. The molecule has 0 bridgehead atoms. The molecule has 0 saturated carbocycles. The summed E-state index contributed by atoms with van der Waals surface area (Å²) < 4.78 is 16.8. The second-order valence-electron chi connectivity index (χ2n) is 5.84. The molecule has 0 amide bonds. The maximum absolute atomic E-state index is 12.3. The average molecular weight is 305 g/mol. The number of ether oxygens (including phenoxy) is 3. The van der Waals surface area contributed by atoms with Crippen molar-refractivity contribution >= 4 is 11.9 Å². The van der Waals surface area contributed by atoms with Crippen molar-refractivity contribution in [2.75, 3.05) is 0 Å². The Labute approximate surface area is 131 Å². The zero-order chi connectivity index (χ0) is 16.3. The van der Waals surface area contributed by atoms with Gasteiger partial charge in [0.25, 0.3) is 0 Å². The quantitative estimate of drug-likeness (QED) is 0.529. The molecule has 2 unspecified atom stereocenters. The molecule has 5 atom stereocenters. The highest BCUT2D eigenvalue weighted by molar-refractivity contribution is 5.89. The van der Waals surface area contributed by atoms with Crippen LogP contribution in [0, 0.1) is 17.2 Å². The van der Waals surface area contributed by atoms with Crippen LogP contribution in [-0.4, -0.2) is 30.4 Å². The van der Waals surface area contributed by atoms with Crippen molar-refractivity contribution in [3.63, 3.8) is 0 Å². The maximum atomic E-state index is 12.3. The van der Waals surface area contributed by atoms with Gasteiger partial charge in [-0.15, -0.1) is 0 Å². The molecule has 5 nitrogen and oxygen atoms in total. The van der Waals surface area contributed by atoms with Crippen LogP contribution in [0.2, 0.25) is 0 Å². The van der Waals surface area contributed by atoms with Gasteiger partial charge in [-0.3, -0.25) is 5.41 Å². The molecule has 0 spiro atoms. The second kappa shape index (κ2) is 6.92. The minimum atomic E-state index is -0.744. The molecule has 120 valence electrons. The minimum absolute atomic E-state index is 0.0222. The predicted molar refractivity (Wildman–Crippen MR) is 82.8 cm³/mol. The summed E-state index contributed by atoms with van der Waals surface area (Å²) in [5, 5.41) is 7.51. The van der Waals surface area contributed by atoms with Crippen molar-refractivity contribution in [3.05, 3.63) is 35.9 Å². The first kappa shape index (κ1) is 16.5. The lowest BCUT2D eigenvalue weighted by molar-refractivity contribution is -0.238. The lowest BCUT2D eigenvalue weighted by Gasteiger charge is -2.42. The van der Waals surface area contributed by atoms with Crippen LogP contribution < -0.4 is 0 Å². The Morgan fingerprint density at radius 1 is 1.09 bits per heavy atom. The number of carbonyl (C=O) groups excluding carboxylic acids is 1. The first-order chi connectivity index (χ1) is 10.4. The minimum Gasteiger partial charge on any atom is -0.452 e. The number of rotatable bonds is 3. The SMILES string of the molecule is CC(=N)O[C@@H]1OC(C)[C@H](C)[C@H](C)C1OC(=O)c1ccccc1.